The van der Waals surface area contributed by atoms with E-state index >= 15 is 0 Å². The average Bonchev–Trinajstić information content (AvgIpc) is 2.66. The van der Waals surface area contributed by atoms with Crippen molar-refractivity contribution >= 4 is 11.3 Å². The summed E-state index contributed by atoms with van der Waals surface area (Å²) in [5.41, 5.74) is 1.68. The minimum atomic E-state index is 0.292. The van der Waals surface area contributed by atoms with Crippen molar-refractivity contribution in [2.75, 3.05) is 7.11 Å². The first kappa shape index (κ1) is 11.6. The zero-order valence-electron chi connectivity index (χ0n) is 9.59. The van der Waals surface area contributed by atoms with Crippen molar-refractivity contribution in [1.29, 1.82) is 0 Å². The summed E-state index contributed by atoms with van der Waals surface area (Å²) in [6.07, 6.45) is 3.63. The number of hydrogen-bond donors (Lipinski definition) is 0. The van der Waals surface area contributed by atoms with Gasteiger partial charge in [0, 0.05) is 10.9 Å². The van der Waals surface area contributed by atoms with Gasteiger partial charge in [-0.15, -0.1) is 11.3 Å². The summed E-state index contributed by atoms with van der Waals surface area (Å²) in [5, 5.41) is 4.33. The molecule has 1 nitrogen and oxygen atoms in total. The smallest absolute Gasteiger partial charge is 0.133 e. The SMILES string of the molecule is CCCC(C)(CC)c1cscc1OC. The minimum absolute atomic E-state index is 0.292. The van der Waals surface area contributed by atoms with Gasteiger partial charge in [-0.25, -0.2) is 0 Å². The van der Waals surface area contributed by atoms with Crippen LogP contribution >= 0.6 is 11.3 Å². The Balaban J connectivity index is 2.98. The summed E-state index contributed by atoms with van der Waals surface area (Å²) < 4.78 is 5.39. The molecule has 1 unspecified atom stereocenters. The van der Waals surface area contributed by atoms with Gasteiger partial charge in [0.15, 0.2) is 0 Å². The third-order valence-corrected chi connectivity index (χ3v) is 3.80. The van der Waals surface area contributed by atoms with Gasteiger partial charge in [-0.05, 0) is 23.6 Å². The summed E-state index contributed by atoms with van der Waals surface area (Å²) in [5.74, 6) is 1.06. The van der Waals surface area contributed by atoms with Gasteiger partial charge in [-0.3, -0.25) is 0 Å². The third-order valence-electron chi connectivity index (χ3n) is 3.08. The lowest BCUT2D eigenvalue weighted by molar-refractivity contribution is 0.367. The summed E-state index contributed by atoms with van der Waals surface area (Å²) in [4.78, 5) is 0. The van der Waals surface area contributed by atoms with Gasteiger partial charge < -0.3 is 4.74 Å². The van der Waals surface area contributed by atoms with Crippen molar-refractivity contribution in [3.63, 3.8) is 0 Å². The van der Waals surface area contributed by atoms with E-state index in [1.54, 1.807) is 18.4 Å². The lowest BCUT2D eigenvalue weighted by Gasteiger charge is -2.28. The number of ether oxygens (including phenoxy) is 1. The maximum atomic E-state index is 5.39. The molecule has 0 aliphatic heterocycles. The molecular formula is C12H20OS. The lowest BCUT2D eigenvalue weighted by atomic mass is 9.77. The highest BCUT2D eigenvalue weighted by atomic mass is 32.1. The van der Waals surface area contributed by atoms with Crippen LogP contribution in [0.15, 0.2) is 10.8 Å². The van der Waals surface area contributed by atoms with Crippen LogP contribution in [-0.2, 0) is 5.41 Å². The Morgan fingerprint density at radius 1 is 1.36 bits per heavy atom. The molecule has 0 aliphatic rings. The van der Waals surface area contributed by atoms with Crippen molar-refractivity contribution in [3.05, 3.63) is 16.3 Å². The molecule has 2 heteroatoms. The van der Waals surface area contributed by atoms with E-state index in [2.05, 4.69) is 31.5 Å². The van der Waals surface area contributed by atoms with Crippen LogP contribution in [-0.4, -0.2) is 7.11 Å². The molecule has 0 aliphatic carbocycles. The molecule has 0 aromatic carbocycles. The Morgan fingerprint density at radius 2 is 2.07 bits per heavy atom. The van der Waals surface area contributed by atoms with Gasteiger partial charge in [-0.1, -0.05) is 27.2 Å². The van der Waals surface area contributed by atoms with Crippen molar-refractivity contribution < 1.29 is 4.74 Å². The van der Waals surface area contributed by atoms with Gasteiger partial charge in [-0.2, -0.15) is 0 Å². The molecule has 80 valence electrons. The topological polar surface area (TPSA) is 9.23 Å². The second-order valence-electron chi connectivity index (χ2n) is 4.02. The highest BCUT2D eigenvalue weighted by molar-refractivity contribution is 7.08. The maximum absolute atomic E-state index is 5.39. The van der Waals surface area contributed by atoms with Crippen LogP contribution in [0.2, 0.25) is 0 Å². The van der Waals surface area contributed by atoms with E-state index in [1.165, 1.54) is 24.8 Å². The first-order valence-electron chi connectivity index (χ1n) is 5.28. The van der Waals surface area contributed by atoms with E-state index in [0.717, 1.165) is 5.75 Å². The normalized spacial score (nSPS) is 15.1. The van der Waals surface area contributed by atoms with Crippen molar-refractivity contribution in [3.8, 4) is 5.75 Å². The highest BCUT2D eigenvalue weighted by Crippen LogP contribution is 2.40. The number of hydrogen-bond acceptors (Lipinski definition) is 2. The van der Waals surface area contributed by atoms with Crippen molar-refractivity contribution in [2.24, 2.45) is 0 Å². The van der Waals surface area contributed by atoms with Crippen LogP contribution in [0.5, 0.6) is 5.75 Å². The monoisotopic (exact) mass is 212 g/mol. The molecule has 0 fully saturated rings. The zero-order chi connectivity index (χ0) is 10.6. The first-order chi connectivity index (χ1) is 6.68. The molecule has 0 radical (unpaired) electrons. The van der Waals surface area contributed by atoms with E-state index in [4.69, 9.17) is 4.74 Å². The fourth-order valence-corrected chi connectivity index (χ4v) is 2.89. The molecule has 0 N–H and O–H groups in total. The summed E-state index contributed by atoms with van der Waals surface area (Å²) >= 11 is 1.73. The Bertz CT molecular complexity index is 280. The van der Waals surface area contributed by atoms with E-state index in [1.807, 2.05) is 0 Å². The summed E-state index contributed by atoms with van der Waals surface area (Å²) in [7, 11) is 1.76. The summed E-state index contributed by atoms with van der Waals surface area (Å²) in [6, 6.07) is 0. The molecule has 1 aromatic rings. The first-order valence-corrected chi connectivity index (χ1v) is 6.23. The quantitative estimate of drug-likeness (QED) is 0.710. The third kappa shape index (κ3) is 2.11. The van der Waals surface area contributed by atoms with Crippen LogP contribution < -0.4 is 4.74 Å². The van der Waals surface area contributed by atoms with Crippen LogP contribution in [0.25, 0.3) is 0 Å². The van der Waals surface area contributed by atoms with E-state index < -0.39 is 0 Å². The van der Waals surface area contributed by atoms with Gasteiger partial charge >= 0.3 is 0 Å². The van der Waals surface area contributed by atoms with Crippen LogP contribution in [0.1, 0.15) is 45.6 Å². The molecule has 0 saturated carbocycles. The molecule has 1 atom stereocenters. The van der Waals surface area contributed by atoms with Gasteiger partial charge in [0.25, 0.3) is 0 Å². The number of rotatable bonds is 5. The van der Waals surface area contributed by atoms with Crippen molar-refractivity contribution in [1.82, 2.24) is 0 Å². The second-order valence-corrected chi connectivity index (χ2v) is 4.76. The fraction of sp³-hybridized carbons (Fsp3) is 0.667. The molecule has 1 rings (SSSR count). The largest absolute Gasteiger partial charge is 0.496 e. The molecule has 0 bridgehead atoms. The van der Waals surface area contributed by atoms with E-state index in [9.17, 15) is 0 Å². The van der Waals surface area contributed by atoms with Crippen LogP contribution in [0, 0.1) is 0 Å². The van der Waals surface area contributed by atoms with Gasteiger partial charge in [0.05, 0.1) is 7.11 Å². The average molecular weight is 212 g/mol. The maximum Gasteiger partial charge on any atom is 0.133 e. The highest BCUT2D eigenvalue weighted by Gasteiger charge is 2.27. The molecule has 14 heavy (non-hydrogen) atoms. The van der Waals surface area contributed by atoms with Crippen molar-refractivity contribution in [2.45, 2.75) is 45.4 Å². The molecule has 0 saturated heterocycles. The fourth-order valence-electron chi connectivity index (χ4n) is 1.94. The van der Waals surface area contributed by atoms with Crippen LogP contribution in [0.3, 0.4) is 0 Å². The molecular weight excluding hydrogens is 192 g/mol. The molecule has 1 aromatic heterocycles. The molecule has 0 spiro atoms. The Morgan fingerprint density at radius 3 is 2.57 bits per heavy atom. The Labute approximate surface area is 91.1 Å². The van der Waals surface area contributed by atoms with Gasteiger partial charge in [0.2, 0.25) is 0 Å². The van der Waals surface area contributed by atoms with E-state index in [-0.39, 0.29) is 0 Å². The standard InChI is InChI=1S/C12H20OS/c1-5-7-12(3,6-2)10-8-14-9-11(10)13-4/h8-9H,5-7H2,1-4H3. The Kier molecular flexibility index (Phi) is 3.99. The number of thiophene rings is 1. The lowest BCUT2D eigenvalue weighted by Crippen LogP contribution is -2.20. The van der Waals surface area contributed by atoms with Crippen LogP contribution in [0.4, 0.5) is 0 Å². The van der Waals surface area contributed by atoms with E-state index in [0.29, 0.717) is 5.41 Å². The number of methoxy groups -OCH3 is 1. The molecule has 0 amide bonds. The zero-order valence-corrected chi connectivity index (χ0v) is 10.4. The summed E-state index contributed by atoms with van der Waals surface area (Å²) in [6.45, 7) is 6.83. The second kappa shape index (κ2) is 4.83. The Hall–Kier alpha value is -0.500. The molecule has 1 heterocycles. The minimum Gasteiger partial charge on any atom is -0.496 e. The predicted molar refractivity (Wildman–Crippen MR) is 63.4 cm³/mol. The predicted octanol–water partition coefficient (Wildman–Crippen LogP) is 4.22. The van der Waals surface area contributed by atoms with Gasteiger partial charge in [0.1, 0.15) is 5.75 Å².